The third-order valence-electron chi connectivity index (χ3n) is 3.52. The van der Waals surface area contributed by atoms with Gasteiger partial charge in [0.15, 0.2) is 0 Å². The Morgan fingerprint density at radius 2 is 1.67 bits per heavy atom. The second-order valence-corrected chi connectivity index (χ2v) is 4.83. The molecule has 15 heavy (non-hydrogen) atoms. The van der Waals surface area contributed by atoms with E-state index in [2.05, 4.69) is 37.3 Å². The van der Waals surface area contributed by atoms with Crippen LogP contribution in [0.4, 0.5) is 0 Å². The van der Waals surface area contributed by atoms with Crippen LogP contribution in [0.1, 0.15) is 56.9 Å². The highest BCUT2D eigenvalue weighted by Gasteiger charge is 2.17. The van der Waals surface area contributed by atoms with Crippen LogP contribution in [0.3, 0.4) is 0 Å². The Balaban J connectivity index is 1.88. The van der Waals surface area contributed by atoms with E-state index in [0.29, 0.717) is 5.92 Å². The van der Waals surface area contributed by atoms with Crippen molar-refractivity contribution in [2.75, 3.05) is 0 Å². The molecule has 1 aliphatic carbocycles. The Labute approximate surface area is 93.7 Å². The van der Waals surface area contributed by atoms with Gasteiger partial charge in [0.05, 0.1) is 0 Å². The number of hydrogen-bond donors (Lipinski definition) is 0. The lowest BCUT2D eigenvalue weighted by Crippen LogP contribution is -2.07. The minimum absolute atomic E-state index is 0.708. The first-order chi connectivity index (χ1) is 7.36. The molecule has 1 radical (unpaired) electrons. The minimum atomic E-state index is 0.708. The molecular formula is C15H21. The lowest BCUT2D eigenvalue weighted by atomic mass is 9.81. The van der Waals surface area contributed by atoms with Crippen molar-refractivity contribution < 1.29 is 0 Å². The van der Waals surface area contributed by atoms with Crippen LogP contribution in [0, 0.1) is 5.92 Å². The van der Waals surface area contributed by atoms with Crippen molar-refractivity contribution >= 4 is 0 Å². The molecule has 0 bridgehead atoms. The van der Waals surface area contributed by atoms with E-state index in [1.165, 1.54) is 44.1 Å². The first kappa shape index (κ1) is 10.7. The van der Waals surface area contributed by atoms with Gasteiger partial charge >= 0.3 is 0 Å². The number of rotatable bonds is 3. The fourth-order valence-corrected chi connectivity index (χ4v) is 2.59. The van der Waals surface area contributed by atoms with Crippen LogP contribution in [-0.2, 0) is 0 Å². The van der Waals surface area contributed by atoms with Crippen LogP contribution < -0.4 is 0 Å². The molecule has 0 heterocycles. The predicted octanol–water partition coefficient (Wildman–Crippen LogP) is 4.72. The molecule has 0 spiro atoms. The first-order valence-electron chi connectivity index (χ1n) is 6.25. The second-order valence-electron chi connectivity index (χ2n) is 4.83. The maximum absolute atomic E-state index is 2.36. The average Bonchev–Trinajstić information content (AvgIpc) is 2.31. The van der Waals surface area contributed by atoms with Crippen molar-refractivity contribution in [3.05, 3.63) is 41.8 Å². The maximum Gasteiger partial charge on any atom is -0.0185 e. The summed E-state index contributed by atoms with van der Waals surface area (Å²) in [5, 5.41) is 0. The molecule has 0 amide bonds. The molecule has 0 aromatic heterocycles. The zero-order valence-electron chi connectivity index (χ0n) is 9.71. The van der Waals surface area contributed by atoms with Crippen molar-refractivity contribution in [3.63, 3.8) is 0 Å². The number of hydrogen-bond acceptors (Lipinski definition) is 0. The zero-order chi connectivity index (χ0) is 10.5. The third-order valence-corrected chi connectivity index (χ3v) is 3.52. The quantitative estimate of drug-likeness (QED) is 0.664. The summed E-state index contributed by atoms with van der Waals surface area (Å²) in [6, 6.07) is 10.9. The standard InChI is InChI=1S/C15H21/c1-13(15-10-6-3-7-11-15)12-14-8-4-2-5-9-14/h3,6-7,10-11,13H,2,4-5,8-9,12H2,1H3. The topological polar surface area (TPSA) is 0 Å². The summed E-state index contributed by atoms with van der Waals surface area (Å²) in [5.41, 5.74) is 1.50. The normalized spacial score (nSPS) is 20.1. The highest BCUT2D eigenvalue weighted by molar-refractivity contribution is 5.20. The SMILES string of the molecule is CC(C[C]1CCCCC1)c1ccccc1. The molecule has 1 aromatic rings. The van der Waals surface area contributed by atoms with Gasteiger partial charge in [0, 0.05) is 0 Å². The maximum atomic E-state index is 2.36. The summed E-state index contributed by atoms with van der Waals surface area (Å²) >= 11 is 0. The van der Waals surface area contributed by atoms with E-state index in [9.17, 15) is 0 Å². The van der Waals surface area contributed by atoms with E-state index in [1.807, 2.05) is 0 Å². The molecule has 1 unspecified atom stereocenters. The summed E-state index contributed by atoms with van der Waals surface area (Å²) in [6.07, 6.45) is 8.38. The first-order valence-corrected chi connectivity index (χ1v) is 6.25. The van der Waals surface area contributed by atoms with Crippen LogP contribution in [0.2, 0.25) is 0 Å². The highest BCUT2D eigenvalue weighted by Crippen LogP contribution is 2.34. The molecule has 0 saturated heterocycles. The lowest BCUT2D eigenvalue weighted by molar-refractivity contribution is 0.486. The second kappa shape index (κ2) is 5.34. The van der Waals surface area contributed by atoms with E-state index in [4.69, 9.17) is 0 Å². The average molecular weight is 201 g/mol. The molecule has 0 nitrogen and oxygen atoms in total. The van der Waals surface area contributed by atoms with Gasteiger partial charge in [-0.05, 0) is 36.7 Å². The molecule has 2 rings (SSSR count). The molecule has 1 atom stereocenters. The number of benzene rings is 1. The van der Waals surface area contributed by atoms with Crippen LogP contribution in [-0.4, -0.2) is 0 Å². The van der Waals surface area contributed by atoms with E-state index < -0.39 is 0 Å². The van der Waals surface area contributed by atoms with Gasteiger partial charge in [0.25, 0.3) is 0 Å². The third kappa shape index (κ3) is 3.09. The summed E-state index contributed by atoms with van der Waals surface area (Å²) in [7, 11) is 0. The largest absolute Gasteiger partial charge is 0.0622 e. The van der Waals surface area contributed by atoms with E-state index in [-0.39, 0.29) is 0 Å². The van der Waals surface area contributed by atoms with Gasteiger partial charge in [-0.15, -0.1) is 0 Å². The zero-order valence-corrected chi connectivity index (χ0v) is 9.71. The van der Waals surface area contributed by atoms with E-state index in [0.717, 1.165) is 0 Å². The Morgan fingerprint density at radius 1 is 1.00 bits per heavy atom. The monoisotopic (exact) mass is 201 g/mol. The molecule has 1 saturated carbocycles. The molecule has 1 aliphatic rings. The molecule has 1 fully saturated rings. The van der Waals surface area contributed by atoms with Crippen LogP contribution in [0.25, 0.3) is 0 Å². The molecule has 0 N–H and O–H groups in total. The smallest absolute Gasteiger partial charge is 0.0185 e. The minimum Gasteiger partial charge on any atom is -0.0622 e. The lowest BCUT2D eigenvalue weighted by Gasteiger charge is -2.24. The fourth-order valence-electron chi connectivity index (χ4n) is 2.59. The molecule has 0 aliphatic heterocycles. The van der Waals surface area contributed by atoms with Crippen molar-refractivity contribution in [1.82, 2.24) is 0 Å². The van der Waals surface area contributed by atoms with Crippen LogP contribution in [0.5, 0.6) is 0 Å². The molecule has 1 aromatic carbocycles. The van der Waals surface area contributed by atoms with Crippen molar-refractivity contribution in [3.8, 4) is 0 Å². The Hall–Kier alpha value is -0.780. The van der Waals surface area contributed by atoms with E-state index in [1.54, 1.807) is 5.92 Å². The summed E-state index contributed by atoms with van der Waals surface area (Å²) in [6.45, 7) is 2.36. The predicted molar refractivity (Wildman–Crippen MR) is 65.8 cm³/mol. The van der Waals surface area contributed by atoms with Crippen molar-refractivity contribution in [2.24, 2.45) is 0 Å². The van der Waals surface area contributed by atoms with Crippen LogP contribution in [0.15, 0.2) is 30.3 Å². The molecule has 81 valence electrons. The summed E-state index contributed by atoms with van der Waals surface area (Å²) < 4.78 is 0. The van der Waals surface area contributed by atoms with Gasteiger partial charge in [-0.1, -0.05) is 56.5 Å². The highest BCUT2D eigenvalue weighted by atomic mass is 14.2. The Morgan fingerprint density at radius 3 is 2.33 bits per heavy atom. The van der Waals surface area contributed by atoms with E-state index >= 15 is 0 Å². The van der Waals surface area contributed by atoms with Gasteiger partial charge in [-0.25, -0.2) is 0 Å². The van der Waals surface area contributed by atoms with Gasteiger partial charge in [-0.2, -0.15) is 0 Å². The molecule has 0 heteroatoms. The molecular weight excluding hydrogens is 180 g/mol. The van der Waals surface area contributed by atoms with Crippen molar-refractivity contribution in [2.45, 2.75) is 51.4 Å². The van der Waals surface area contributed by atoms with Gasteiger partial charge < -0.3 is 0 Å². The Kier molecular flexibility index (Phi) is 3.82. The Bertz CT molecular complexity index is 269. The van der Waals surface area contributed by atoms with Gasteiger partial charge in [0.1, 0.15) is 0 Å². The van der Waals surface area contributed by atoms with Gasteiger partial charge in [-0.3, -0.25) is 0 Å². The summed E-state index contributed by atoms with van der Waals surface area (Å²) in [5.74, 6) is 2.51. The van der Waals surface area contributed by atoms with Crippen molar-refractivity contribution in [1.29, 1.82) is 0 Å². The summed E-state index contributed by atoms with van der Waals surface area (Å²) in [4.78, 5) is 0. The van der Waals surface area contributed by atoms with Crippen LogP contribution >= 0.6 is 0 Å². The fraction of sp³-hybridized carbons (Fsp3) is 0.533. The van der Waals surface area contributed by atoms with Gasteiger partial charge in [0.2, 0.25) is 0 Å².